The lowest BCUT2D eigenvalue weighted by Crippen LogP contribution is -2.56. The molecule has 0 radical (unpaired) electrons. The van der Waals surface area contributed by atoms with Crippen LogP contribution in [0.2, 0.25) is 0 Å². The Hall–Kier alpha value is -1.62. The van der Waals surface area contributed by atoms with Crippen LogP contribution in [0.25, 0.3) is 0 Å². The summed E-state index contributed by atoms with van der Waals surface area (Å²) in [6.07, 6.45) is 1.37. The summed E-state index contributed by atoms with van der Waals surface area (Å²) in [7, 11) is 0. The first-order chi connectivity index (χ1) is 10.2. The highest BCUT2D eigenvalue weighted by molar-refractivity contribution is 5.90. The van der Waals surface area contributed by atoms with Crippen molar-refractivity contribution in [3.05, 3.63) is 23.8 Å². The second-order valence-electron chi connectivity index (χ2n) is 7.01. The van der Waals surface area contributed by atoms with Gasteiger partial charge in [0.1, 0.15) is 18.3 Å². The van der Waals surface area contributed by atoms with Gasteiger partial charge in [0, 0.05) is 23.8 Å². The second kappa shape index (κ2) is 4.95. The van der Waals surface area contributed by atoms with Gasteiger partial charge >= 0.3 is 11.9 Å². The standard InChI is InChI=1S/C17H22O5/c1-8-5-13(19)15(21-10(3)18)17(4)7-14-11(6-12(8)17)9(2)16(20)22-14/h5,11-15,19H,2,6-7H2,1,3-4H3/t11-,12+,13-,14+,15+,17-/m0/s1. The van der Waals surface area contributed by atoms with Gasteiger partial charge in [0.25, 0.3) is 0 Å². The SMILES string of the molecule is C=C1C(=O)O[C@@H]2C[C@@]3(C)[C@H](C[C@@H]12)C(C)=C[C@H](O)[C@H]3OC(C)=O. The Balaban J connectivity index is 1.98. The van der Waals surface area contributed by atoms with Crippen molar-refractivity contribution in [2.45, 2.75) is 51.9 Å². The van der Waals surface area contributed by atoms with E-state index in [1.165, 1.54) is 6.92 Å². The smallest absolute Gasteiger partial charge is 0.334 e. The van der Waals surface area contributed by atoms with E-state index in [0.29, 0.717) is 12.0 Å². The number of hydrogen-bond acceptors (Lipinski definition) is 5. The Kier molecular flexibility index (Phi) is 3.44. The van der Waals surface area contributed by atoms with Crippen molar-refractivity contribution in [2.24, 2.45) is 17.3 Å². The highest BCUT2D eigenvalue weighted by atomic mass is 16.6. The zero-order valence-electron chi connectivity index (χ0n) is 13.2. The Bertz CT molecular complexity index is 578. The van der Waals surface area contributed by atoms with Crippen molar-refractivity contribution in [2.75, 3.05) is 0 Å². The van der Waals surface area contributed by atoms with E-state index < -0.39 is 23.6 Å². The van der Waals surface area contributed by atoms with Gasteiger partial charge in [0.05, 0.1) is 0 Å². The third-order valence-electron chi connectivity index (χ3n) is 5.58. The van der Waals surface area contributed by atoms with Gasteiger partial charge in [0.2, 0.25) is 0 Å². The van der Waals surface area contributed by atoms with Gasteiger partial charge in [-0.05, 0) is 25.7 Å². The maximum atomic E-state index is 11.8. The summed E-state index contributed by atoms with van der Waals surface area (Å²) in [5.74, 6) is -0.592. The molecular weight excluding hydrogens is 284 g/mol. The summed E-state index contributed by atoms with van der Waals surface area (Å²) in [5, 5.41) is 10.4. The molecular formula is C17H22O5. The molecule has 2 fully saturated rings. The van der Waals surface area contributed by atoms with Crippen LogP contribution in [0.3, 0.4) is 0 Å². The first-order valence-electron chi connectivity index (χ1n) is 7.67. The molecule has 0 aromatic heterocycles. The third-order valence-corrected chi connectivity index (χ3v) is 5.58. The highest BCUT2D eigenvalue weighted by Gasteiger charge is 2.58. The van der Waals surface area contributed by atoms with E-state index in [-0.39, 0.29) is 23.9 Å². The molecule has 0 aromatic carbocycles. The normalized spacial score (nSPS) is 43.8. The summed E-state index contributed by atoms with van der Waals surface area (Å²) in [6.45, 7) is 9.20. The molecule has 0 aromatic rings. The molecule has 5 heteroatoms. The fourth-order valence-corrected chi connectivity index (χ4v) is 4.51. The molecule has 1 N–H and O–H groups in total. The van der Waals surface area contributed by atoms with Crippen molar-refractivity contribution < 1.29 is 24.2 Å². The topological polar surface area (TPSA) is 72.8 Å². The molecule has 3 aliphatic rings. The number of hydrogen-bond donors (Lipinski definition) is 1. The summed E-state index contributed by atoms with van der Waals surface area (Å²) in [4.78, 5) is 23.2. The van der Waals surface area contributed by atoms with E-state index in [1.807, 2.05) is 13.8 Å². The van der Waals surface area contributed by atoms with Gasteiger partial charge in [0.15, 0.2) is 0 Å². The molecule has 1 aliphatic heterocycles. The Morgan fingerprint density at radius 2 is 2.23 bits per heavy atom. The number of aliphatic hydroxyl groups excluding tert-OH is 1. The molecule has 0 amide bonds. The summed E-state index contributed by atoms with van der Waals surface area (Å²) in [5.41, 5.74) is 1.16. The molecule has 0 spiro atoms. The van der Waals surface area contributed by atoms with Crippen LogP contribution in [-0.4, -0.2) is 35.4 Å². The Morgan fingerprint density at radius 1 is 1.55 bits per heavy atom. The number of carbonyl (C=O) groups is 2. The van der Waals surface area contributed by atoms with E-state index >= 15 is 0 Å². The largest absolute Gasteiger partial charge is 0.459 e. The summed E-state index contributed by atoms with van der Waals surface area (Å²) >= 11 is 0. The second-order valence-corrected chi connectivity index (χ2v) is 7.01. The lowest BCUT2D eigenvalue weighted by Gasteiger charge is -2.52. The van der Waals surface area contributed by atoms with Gasteiger partial charge in [-0.2, -0.15) is 0 Å². The minimum Gasteiger partial charge on any atom is -0.459 e. The molecule has 120 valence electrons. The molecule has 22 heavy (non-hydrogen) atoms. The molecule has 6 atom stereocenters. The van der Waals surface area contributed by atoms with Crippen LogP contribution in [0, 0.1) is 17.3 Å². The third kappa shape index (κ3) is 2.10. The molecule has 0 unspecified atom stereocenters. The van der Waals surface area contributed by atoms with Crippen LogP contribution in [-0.2, 0) is 19.1 Å². The molecule has 2 aliphatic carbocycles. The number of carbonyl (C=O) groups excluding carboxylic acids is 2. The van der Waals surface area contributed by atoms with Gasteiger partial charge < -0.3 is 14.6 Å². The van der Waals surface area contributed by atoms with Crippen LogP contribution in [0.15, 0.2) is 23.8 Å². The molecule has 1 saturated carbocycles. The summed E-state index contributed by atoms with van der Waals surface area (Å²) < 4.78 is 10.9. The van der Waals surface area contributed by atoms with Crippen molar-refractivity contribution >= 4 is 11.9 Å². The van der Waals surface area contributed by atoms with Crippen molar-refractivity contribution in [1.29, 1.82) is 0 Å². The van der Waals surface area contributed by atoms with Crippen molar-refractivity contribution in [1.82, 2.24) is 0 Å². The van der Waals surface area contributed by atoms with Gasteiger partial charge in [-0.15, -0.1) is 0 Å². The van der Waals surface area contributed by atoms with Gasteiger partial charge in [-0.1, -0.05) is 25.2 Å². The molecule has 3 rings (SSSR count). The van der Waals surface area contributed by atoms with Crippen LogP contribution in [0.1, 0.15) is 33.6 Å². The van der Waals surface area contributed by atoms with Crippen LogP contribution < -0.4 is 0 Å². The van der Waals surface area contributed by atoms with E-state index in [9.17, 15) is 14.7 Å². The fourth-order valence-electron chi connectivity index (χ4n) is 4.51. The molecule has 1 heterocycles. The number of aliphatic hydroxyl groups is 1. The summed E-state index contributed by atoms with van der Waals surface area (Å²) in [6, 6.07) is 0. The minimum absolute atomic E-state index is 0.0159. The number of rotatable bonds is 1. The average Bonchev–Trinajstić information content (AvgIpc) is 2.67. The van der Waals surface area contributed by atoms with Gasteiger partial charge in [-0.25, -0.2) is 4.79 Å². The minimum atomic E-state index is -0.831. The quantitative estimate of drug-likeness (QED) is 0.454. The number of esters is 2. The molecule has 5 nitrogen and oxygen atoms in total. The zero-order valence-corrected chi connectivity index (χ0v) is 13.2. The first kappa shape index (κ1) is 15.3. The van der Waals surface area contributed by atoms with E-state index in [1.54, 1.807) is 6.08 Å². The number of fused-ring (bicyclic) bond motifs is 2. The maximum absolute atomic E-state index is 11.8. The van der Waals surface area contributed by atoms with Crippen molar-refractivity contribution in [3.8, 4) is 0 Å². The predicted molar refractivity (Wildman–Crippen MR) is 78.7 cm³/mol. The zero-order chi connectivity index (χ0) is 16.2. The van der Waals surface area contributed by atoms with E-state index in [4.69, 9.17) is 9.47 Å². The molecule has 1 saturated heterocycles. The Morgan fingerprint density at radius 3 is 2.86 bits per heavy atom. The molecule has 0 bridgehead atoms. The highest BCUT2D eigenvalue weighted by Crippen LogP contribution is 2.56. The lowest BCUT2D eigenvalue weighted by molar-refractivity contribution is -0.176. The lowest BCUT2D eigenvalue weighted by atomic mass is 9.55. The van der Waals surface area contributed by atoms with Gasteiger partial charge in [-0.3, -0.25) is 4.79 Å². The fraction of sp³-hybridized carbons (Fsp3) is 0.647. The van der Waals surface area contributed by atoms with Crippen molar-refractivity contribution in [3.63, 3.8) is 0 Å². The van der Waals surface area contributed by atoms with Crippen LogP contribution in [0.5, 0.6) is 0 Å². The maximum Gasteiger partial charge on any atom is 0.334 e. The monoisotopic (exact) mass is 306 g/mol. The number of ether oxygens (including phenoxy) is 2. The predicted octanol–water partition coefficient (Wildman–Crippen LogP) is 1.75. The van der Waals surface area contributed by atoms with Crippen LogP contribution >= 0.6 is 0 Å². The average molecular weight is 306 g/mol. The van der Waals surface area contributed by atoms with E-state index in [2.05, 4.69) is 6.58 Å². The van der Waals surface area contributed by atoms with Crippen LogP contribution in [0.4, 0.5) is 0 Å². The number of allylic oxidation sites excluding steroid dienone is 1. The Labute approximate surface area is 130 Å². The van der Waals surface area contributed by atoms with E-state index in [0.717, 1.165) is 12.0 Å². The first-order valence-corrected chi connectivity index (χ1v) is 7.67.